The van der Waals surface area contributed by atoms with E-state index in [9.17, 15) is 35.1 Å². The highest BCUT2D eigenvalue weighted by Gasteiger charge is 2.42. The van der Waals surface area contributed by atoms with E-state index >= 15 is 0 Å². The Morgan fingerprint density at radius 1 is 0.962 bits per heavy atom. The van der Waals surface area contributed by atoms with Crippen LogP contribution in [0.3, 0.4) is 0 Å². The lowest BCUT2D eigenvalue weighted by Gasteiger charge is -2.27. The van der Waals surface area contributed by atoms with Crippen LogP contribution in [0.25, 0.3) is 0 Å². The summed E-state index contributed by atoms with van der Waals surface area (Å²) in [6.07, 6.45) is -7.05. The van der Waals surface area contributed by atoms with Crippen LogP contribution in [0.4, 0.5) is 0 Å². The number of benzene rings is 1. The molecule has 1 N–H and O–H groups in total. The third kappa shape index (κ3) is 6.52. The highest BCUT2D eigenvalue weighted by Crippen LogP contribution is 2.16. The zero-order valence-electron chi connectivity index (χ0n) is 12.9. The first-order valence-corrected chi connectivity index (χ1v) is 6.85. The summed E-state index contributed by atoms with van der Waals surface area (Å²) in [6.45, 7) is -1.21. The molecule has 1 aromatic rings. The van der Waals surface area contributed by atoms with Crippen molar-refractivity contribution in [1.29, 1.82) is 0 Å². The molecule has 0 unspecified atom stereocenters. The molecule has 0 aromatic heterocycles. The Balaban J connectivity index is 3.15. The van der Waals surface area contributed by atoms with Crippen molar-refractivity contribution in [3.05, 3.63) is 66.2 Å². The van der Waals surface area contributed by atoms with Gasteiger partial charge in [0.15, 0.2) is 24.1 Å². The van der Waals surface area contributed by atoms with Gasteiger partial charge in [-0.05, 0) is 5.56 Å². The van der Waals surface area contributed by atoms with E-state index in [0.29, 0.717) is 5.56 Å². The Morgan fingerprint density at radius 3 is 1.96 bits per heavy atom. The molecule has 0 spiro atoms. The third-order valence-corrected chi connectivity index (χ3v) is 3.01. The lowest BCUT2D eigenvalue weighted by Crippen LogP contribution is -2.51. The summed E-state index contributed by atoms with van der Waals surface area (Å²) in [5.74, 6) is -1.05. The fourth-order valence-corrected chi connectivity index (χ4v) is 2.02. The van der Waals surface area contributed by atoms with Crippen LogP contribution < -0.4 is 0 Å². The maximum Gasteiger partial charge on any atom is 0.295 e. The van der Waals surface area contributed by atoms with Crippen molar-refractivity contribution in [2.75, 3.05) is 6.61 Å². The smallest absolute Gasteiger partial charge is 0.295 e. The SMILES string of the molecule is O=C(Cc1ccccc1)[C@@H](O[N+](=O)[O-])[C@H](O[N+](=O)[O-])[C@H](CO)O[N+](=O)[O-]. The van der Waals surface area contributed by atoms with Gasteiger partial charge in [-0.1, -0.05) is 30.3 Å². The van der Waals surface area contributed by atoms with Crippen molar-refractivity contribution < 1.29 is 39.7 Å². The molecule has 3 atom stereocenters. The maximum absolute atomic E-state index is 12.3. The summed E-state index contributed by atoms with van der Waals surface area (Å²) in [4.78, 5) is 56.3. The second kappa shape index (κ2) is 9.67. The summed E-state index contributed by atoms with van der Waals surface area (Å²) < 4.78 is 0. The molecule has 26 heavy (non-hydrogen) atoms. The second-order valence-corrected chi connectivity index (χ2v) is 4.72. The number of Topliss-reactive ketones (excluding diaryl/α,β-unsaturated/α-hetero) is 1. The number of nitrogens with zero attached hydrogens (tertiary/aromatic N) is 3. The molecule has 0 amide bonds. The van der Waals surface area contributed by atoms with E-state index in [4.69, 9.17) is 5.11 Å². The average Bonchev–Trinajstić information content (AvgIpc) is 2.56. The van der Waals surface area contributed by atoms with Gasteiger partial charge in [0.1, 0.15) is 0 Å². The molecule has 0 aliphatic heterocycles. The third-order valence-electron chi connectivity index (χ3n) is 3.01. The maximum atomic E-state index is 12.3. The van der Waals surface area contributed by atoms with Gasteiger partial charge in [0, 0.05) is 6.42 Å². The number of carbonyl (C=O) groups excluding carboxylic acids is 1. The van der Waals surface area contributed by atoms with Crippen molar-refractivity contribution in [1.82, 2.24) is 0 Å². The topological polar surface area (TPSA) is 194 Å². The molecule has 142 valence electrons. The second-order valence-electron chi connectivity index (χ2n) is 4.72. The van der Waals surface area contributed by atoms with E-state index in [-0.39, 0.29) is 0 Å². The molecule has 14 nitrogen and oxygen atoms in total. The number of ketones is 1. The lowest BCUT2D eigenvalue weighted by molar-refractivity contribution is -0.814. The van der Waals surface area contributed by atoms with Gasteiger partial charge < -0.3 is 19.6 Å². The zero-order chi connectivity index (χ0) is 19.7. The highest BCUT2D eigenvalue weighted by molar-refractivity contribution is 5.85. The van der Waals surface area contributed by atoms with Crippen LogP contribution in [-0.4, -0.2) is 51.1 Å². The number of aliphatic hydroxyl groups excluding tert-OH is 1. The van der Waals surface area contributed by atoms with E-state index in [1.54, 1.807) is 18.2 Å². The number of rotatable bonds is 12. The largest absolute Gasteiger partial charge is 0.394 e. The molecule has 1 rings (SSSR count). The number of hydrogen-bond donors (Lipinski definition) is 1. The van der Waals surface area contributed by atoms with Crippen LogP contribution in [-0.2, 0) is 25.7 Å². The van der Waals surface area contributed by atoms with Crippen molar-refractivity contribution >= 4 is 5.78 Å². The van der Waals surface area contributed by atoms with Gasteiger partial charge in [0.25, 0.3) is 15.3 Å². The van der Waals surface area contributed by atoms with Crippen LogP contribution in [0.2, 0.25) is 0 Å². The Hall–Kier alpha value is -3.55. The molecular formula is C12H13N3O11. The van der Waals surface area contributed by atoms with Crippen LogP contribution in [0.1, 0.15) is 5.56 Å². The summed E-state index contributed by atoms with van der Waals surface area (Å²) in [7, 11) is 0. The Kier molecular flexibility index (Phi) is 7.63. The predicted octanol–water partition coefficient (Wildman–Crippen LogP) is -0.479. The highest BCUT2D eigenvalue weighted by atomic mass is 17.0. The van der Waals surface area contributed by atoms with Crippen LogP contribution in [0.5, 0.6) is 0 Å². The minimum absolute atomic E-state index is 0.394. The fraction of sp³-hybridized carbons (Fsp3) is 0.417. The minimum atomic E-state index is -2.26. The molecule has 0 heterocycles. The molecule has 0 bridgehead atoms. The Morgan fingerprint density at radius 2 is 1.50 bits per heavy atom. The van der Waals surface area contributed by atoms with Crippen molar-refractivity contribution in [2.24, 2.45) is 0 Å². The quantitative estimate of drug-likeness (QED) is 0.366. The van der Waals surface area contributed by atoms with E-state index in [0.717, 1.165) is 0 Å². The average molecular weight is 375 g/mol. The first kappa shape index (κ1) is 20.5. The summed E-state index contributed by atoms with van der Waals surface area (Å²) in [5.41, 5.74) is 0.394. The van der Waals surface area contributed by atoms with Crippen molar-refractivity contribution in [2.45, 2.75) is 24.7 Å². The number of carbonyl (C=O) groups is 1. The molecule has 0 aliphatic carbocycles. The molecule has 0 saturated heterocycles. The fourth-order valence-electron chi connectivity index (χ4n) is 2.02. The van der Waals surface area contributed by atoms with E-state index in [2.05, 4.69) is 14.5 Å². The van der Waals surface area contributed by atoms with E-state index in [1.807, 2.05) is 0 Å². The molecule has 0 radical (unpaired) electrons. The number of aliphatic hydroxyl groups is 1. The standard InChI is InChI=1S/C12H13N3O11/c16-7-10(24-13(18)19)12(26-15(22)23)11(25-14(20)21)9(17)6-8-4-2-1-3-5-8/h1-5,10-12,16H,6-7H2/t10-,11+,12+/m0/s1. The van der Waals surface area contributed by atoms with Gasteiger partial charge in [0.05, 0.1) is 6.61 Å². The molecular weight excluding hydrogens is 362 g/mol. The monoisotopic (exact) mass is 375 g/mol. The van der Waals surface area contributed by atoms with E-state index in [1.165, 1.54) is 12.1 Å². The minimum Gasteiger partial charge on any atom is -0.394 e. The van der Waals surface area contributed by atoms with Crippen LogP contribution in [0.15, 0.2) is 30.3 Å². The van der Waals surface area contributed by atoms with Gasteiger partial charge in [0.2, 0.25) is 0 Å². The normalized spacial score (nSPS) is 13.7. The first-order valence-electron chi connectivity index (χ1n) is 6.85. The number of hydrogen-bond acceptors (Lipinski definition) is 11. The molecule has 0 saturated carbocycles. The molecule has 1 aromatic carbocycles. The Labute approximate surface area is 144 Å². The van der Waals surface area contributed by atoms with Crippen molar-refractivity contribution in [3.63, 3.8) is 0 Å². The Bertz CT molecular complexity index is 653. The van der Waals surface area contributed by atoms with Crippen LogP contribution in [0, 0.1) is 30.3 Å². The van der Waals surface area contributed by atoms with Gasteiger partial charge >= 0.3 is 0 Å². The van der Waals surface area contributed by atoms with Gasteiger partial charge in [-0.15, -0.1) is 30.3 Å². The molecule has 0 aliphatic rings. The molecule has 0 fully saturated rings. The van der Waals surface area contributed by atoms with Gasteiger partial charge in [-0.25, -0.2) is 0 Å². The summed E-state index contributed by atoms with van der Waals surface area (Å²) >= 11 is 0. The first-order chi connectivity index (χ1) is 12.2. The predicted molar refractivity (Wildman–Crippen MR) is 77.8 cm³/mol. The van der Waals surface area contributed by atoms with E-state index < -0.39 is 52.4 Å². The lowest BCUT2D eigenvalue weighted by atomic mass is 9.99. The molecule has 14 heteroatoms. The summed E-state index contributed by atoms with van der Waals surface area (Å²) in [6, 6.07) is 7.79. The van der Waals surface area contributed by atoms with Crippen LogP contribution >= 0.6 is 0 Å². The van der Waals surface area contributed by atoms with Gasteiger partial charge in [-0.3, -0.25) is 4.79 Å². The summed E-state index contributed by atoms with van der Waals surface area (Å²) in [5, 5.41) is 36.6. The van der Waals surface area contributed by atoms with Gasteiger partial charge in [-0.2, -0.15) is 0 Å². The van der Waals surface area contributed by atoms with Crippen molar-refractivity contribution in [3.8, 4) is 0 Å². The zero-order valence-corrected chi connectivity index (χ0v) is 12.9.